The van der Waals surface area contributed by atoms with Crippen LogP contribution in [0.5, 0.6) is 0 Å². The number of nitrogens with zero attached hydrogens (tertiary/aromatic N) is 1. The van der Waals surface area contributed by atoms with Crippen molar-refractivity contribution in [2.45, 2.75) is 25.3 Å². The Labute approximate surface area is 102 Å². The maximum absolute atomic E-state index is 12.1. The second-order valence-electron chi connectivity index (χ2n) is 4.99. The average Bonchev–Trinajstić information content (AvgIpc) is 2.74. The highest BCUT2D eigenvalue weighted by Gasteiger charge is 2.53. The first kappa shape index (κ1) is 12.2. The number of hydrogen-bond donors (Lipinski definition) is 1. The van der Waals surface area contributed by atoms with Crippen LogP contribution in [0.25, 0.3) is 0 Å². The first-order chi connectivity index (χ1) is 8.12. The molecule has 1 aliphatic rings. The maximum atomic E-state index is 12.1. The third-order valence-corrected chi connectivity index (χ3v) is 3.79. The van der Waals surface area contributed by atoms with Crippen LogP contribution in [0.2, 0.25) is 0 Å². The predicted molar refractivity (Wildman–Crippen MR) is 65.5 cm³/mol. The van der Waals surface area contributed by atoms with E-state index < -0.39 is 0 Å². The normalized spacial score (nSPS) is 19.8. The van der Waals surface area contributed by atoms with E-state index in [9.17, 15) is 4.79 Å². The molecule has 1 N–H and O–H groups in total. The molecule has 17 heavy (non-hydrogen) atoms. The van der Waals surface area contributed by atoms with E-state index in [2.05, 4.69) is 9.88 Å². The number of carbonyl (C=O) groups excluding carboxylic acids is 1. The van der Waals surface area contributed by atoms with Crippen molar-refractivity contribution in [2.24, 2.45) is 5.41 Å². The van der Waals surface area contributed by atoms with Gasteiger partial charge in [-0.1, -0.05) is 6.42 Å². The first-order valence-electron chi connectivity index (χ1n) is 6.00. The second kappa shape index (κ2) is 4.53. The van der Waals surface area contributed by atoms with Crippen LogP contribution in [0.4, 0.5) is 0 Å². The second-order valence-corrected chi connectivity index (χ2v) is 4.99. The number of nitrogens with one attached hydrogen (secondary N) is 1. The topological polar surface area (TPSA) is 45.3 Å². The fraction of sp³-hybridized carbons (Fsp3) is 0.615. The maximum Gasteiger partial charge on any atom is 0.313 e. The minimum atomic E-state index is -0.372. The molecule has 1 aromatic heterocycles. The molecule has 2 rings (SSSR count). The molecule has 0 aliphatic heterocycles. The standard InChI is InChI=1S/C13H20N2O2/c1-15(2)11(10-6-4-9-14-10)13(7-5-8-13)12(16)17-3/h4,6,9,11,14H,5,7-8H2,1-3H3. The fourth-order valence-electron chi connectivity index (χ4n) is 2.93. The molecule has 1 heterocycles. The Kier molecular flexibility index (Phi) is 3.24. The van der Waals surface area contributed by atoms with E-state index >= 15 is 0 Å². The third kappa shape index (κ3) is 1.86. The summed E-state index contributed by atoms with van der Waals surface area (Å²) < 4.78 is 5.01. The number of esters is 1. The highest BCUT2D eigenvalue weighted by atomic mass is 16.5. The largest absolute Gasteiger partial charge is 0.469 e. The lowest BCUT2D eigenvalue weighted by Crippen LogP contribution is -2.49. The van der Waals surface area contributed by atoms with Crippen LogP contribution in [-0.4, -0.2) is 37.1 Å². The Morgan fingerprint density at radius 2 is 2.24 bits per heavy atom. The van der Waals surface area contributed by atoms with Crippen molar-refractivity contribution in [1.29, 1.82) is 0 Å². The van der Waals surface area contributed by atoms with Crippen LogP contribution < -0.4 is 0 Å². The number of aromatic amines is 1. The van der Waals surface area contributed by atoms with Crippen LogP contribution in [0.1, 0.15) is 31.0 Å². The Hall–Kier alpha value is -1.29. The number of aromatic nitrogens is 1. The first-order valence-corrected chi connectivity index (χ1v) is 6.00. The Morgan fingerprint density at radius 3 is 2.59 bits per heavy atom. The van der Waals surface area contributed by atoms with Crippen LogP contribution in [0.3, 0.4) is 0 Å². The van der Waals surface area contributed by atoms with Gasteiger partial charge in [-0.3, -0.25) is 4.79 Å². The monoisotopic (exact) mass is 236 g/mol. The molecular weight excluding hydrogens is 216 g/mol. The Bertz CT molecular complexity index is 380. The van der Waals surface area contributed by atoms with E-state index in [1.54, 1.807) is 0 Å². The molecule has 0 saturated heterocycles. The summed E-state index contributed by atoms with van der Waals surface area (Å²) in [6.45, 7) is 0. The van der Waals surface area contributed by atoms with Crippen molar-refractivity contribution in [1.82, 2.24) is 9.88 Å². The van der Waals surface area contributed by atoms with Gasteiger partial charge in [0.25, 0.3) is 0 Å². The van der Waals surface area contributed by atoms with Crippen LogP contribution in [-0.2, 0) is 9.53 Å². The lowest BCUT2D eigenvalue weighted by Gasteiger charge is -2.47. The molecule has 0 aromatic carbocycles. The molecule has 1 saturated carbocycles. The van der Waals surface area contributed by atoms with Gasteiger partial charge in [0.1, 0.15) is 0 Å². The number of rotatable bonds is 4. The molecule has 1 fully saturated rings. The summed E-state index contributed by atoms with van der Waals surface area (Å²) in [5.41, 5.74) is 0.712. The smallest absolute Gasteiger partial charge is 0.313 e. The SMILES string of the molecule is COC(=O)C1(C(c2ccc[nH]2)N(C)C)CCC1. The van der Waals surface area contributed by atoms with Gasteiger partial charge in [0.2, 0.25) is 0 Å². The highest BCUT2D eigenvalue weighted by Crippen LogP contribution is 2.52. The number of methoxy groups -OCH3 is 1. The van der Waals surface area contributed by atoms with Gasteiger partial charge in [0.15, 0.2) is 0 Å². The van der Waals surface area contributed by atoms with Crippen molar-refractivity contribution in [2.75, 3.05) is 21.2 Å². The molecule has 1 aliphatic carbocycles. The molecule has 1 unspecified atom stereocenters. The van der Waals surface area contributed by atoms with E-state index in [0.717, 1.165) is 25.0 Å². The van der Waals surface area contributed by atoms with Crippen LogP contribution >= 0.6 is 0 Å². The zero-order valence-corrected chi connectivity index (χ0v) is 10.7. The van der Waals surface area contributed by atoms with Gasteiger partial charge >= 0.3 is 5.97 Å². The van der Waals surface area contributed by atoms with Gasteiger partial charge in [0, 0.05) is 11.9 Å². The highest BCUT2D eigenvalue weighted by molar-refractivity contribution is 5.79. The molecule has 0 radical (unpaired) electrons. The summed E-state index contributed by atoms with van der Waals surface area (Å²) in [5, 5.41) is 0. The van der Waals surface area contributed by atoms with Gasteiger partial charge in [-0.25, -0.2) is 0 Å². The Balaban J connectivity index is 2.35. The van der Waals surface area contributed by atoms with Crippen molar-refractivity contribution >= 4 is 5.97 Å². The molecule has 4 nitrogen and oxygen atoms in total. The van der Waals surface area contributed by atoms with Gasteiger partial charge < -0.3 is 14.6 Å². The lowest BCUT2D eigenvalue weighted by atomic mass is 9.62. The minimum absolute atomic E-state index is 0.0682. The summed E-state index contributed by atoms with van der Waals surface area (Å²) in [7, 11) is 5.49. The molecule has 0 bridgehead atoms. The van der Waals surface area contributed by atoms with Crippen molar-refractivity contribution in [3.8, 4) is 0 Å². The number of H-pyrrole nitrogens is 1. The van der Waals surface area contributed by atoms with E-state index in [1.807, 2.05) is 32.4 Å². The predicted octanol–water partition coefficient (Wildman–Crippen LogP) is 1.96. The zero-order chi connectivity index (χ0) is 12.5. The summed E-state index contributed by atoms with van der Waals surface area (Å²) in [6.07, 6.45) is 4.80. The van der Waals surface area contributed by atoms with Crippen molar-refractivity contribution < 1.29 is 9.53 Å². The van der Waals surface area contributed by atoms with Gasteiger partial charge in [0.05, 0.1) is 18.6 Å². The fourth-order valence-corrected chi connectivity index (χ4v) is 2.93. The molecule has 0 amide bonds. The van der Waals surface area contributed by atoms with Crippen LogP contribution in [0, 0.1) is 5.41 Å². The van der Waals surface area contributed by atoms with E-state index in [-0.39, 0.29) is 17.4 Å². The molecule has 94 valence electrons. The molecular formula is C13H20N2O2. The summed E-state index contributed by atoms with van der Waals surface area (Å²) in [6, 6.07) is 4.07. The zero-order valence-electron chi connectivity index (χ0n) is 10.7. The summed E-state index contributed by atoms with van der Waals surface area (Å²) in [5.74, 6) is -0.0861. The number of carbonyl (C=O) groups is 1. The summed E-state index contributed by atoms with van der Waals surface area (Å²) >= 11 is 0. The minimum Gasteiger partial charge on any atom is -0.469 e. The van der Waals surface area contributed by atoms with Gasteiger partial charge in [-0.05, 0) is 39.1 Å². The molecule has 0 spiro atoms. The van der Waals surface area contributed by atoms with Gasteiger partial charge in [-0.15, -0.1) is 0 Å². The molecule has 1 atom stereocenters. The lowest BCUT2D eigenvalue weighted by molar-refractivity contribution is -0.165. The van der Waals surface area contributed by atoms with E-state index in [0.29, 0.717) is 0 Å². The van der Waals surface area contributed by atoms with Crippen molar-refractivity contribution in [3.63, 3.8) is 0 Å². The van der Waals surface area contributed by atoms with Gasteiger partial charge in [-0.2, -0.15) is 0 Å². The van der Waals surface area contributed by atoms with E-state index in [1.165, 1.54) is 7.11 Å². The summed E-state index contributed by atoms with van der Waals surface area (Å²) in [4.78, 5) is 17.4. The van der Waals surface area contributed by atoms with Crippen LogP contribution in [0.15, 0.2) is 18.3 Å². The molecule has 1 aromatic rings. The Morgan fingerprint density at radius 1 is 1.53 bits per heavy atom. The molecule has 4 heteroatoms. The quantitative estimate of drug-likeness (QED) is 0.813. The number of ether oxygens (including phenoxy) is 1. The van der Waals surface area contributed by atoms with Crippen molar-refractivity contribution in [3.05, 3.63) is 24.0 Å². The van der Waals surface area contributed by atoms with E-state index in [4.69, 9.17) is 4.74 Å². The number of hydrogen-bond acceptors (Lipinski definition) is 3. The third-order valence-electron chi connectivity index (χ3n) is 3.79. The average molecular weight is 236 g/mol.